The molecule has 0 radical (unpaired) electrons. The van der Waals surface area contributed by atoms with Crippen molar-refractivity contribution in [3.05, 3.63) is 59.6 Å². The molecule has 0 spiro atoms. The molecule has 2 fully saturated rings. The summed E-state index contributed by atoms with van der Waals surface area (Å²) in [5.74, 6) is 3.72. The minimum Gasteiger partial charge on any atom is -0.496 e. The molecule has 1 saturated carbocycles. The van der Waals surface area contributed by atoms with E-state index in [-0.39, 0.29) is 12.0 Å². The van der Waals surface area contributed by atoms with Crippen LogP contribution in [0.2, 0.25) is 0 Å². The number of hydrogen-bond donors (Lipinski definition) is 0. The molecular formula is C24H29NO4. The number of para-hydroxylation sites is 1. The van der Waals surface area contributed by atoms with Gasteiger partial charge < -0.3 is 18.8 Å². The third kappa shape index (κ3) is 4.91. The van der Waals surface area contributed by atoms with Gasteiger partial charge in [-0.2, -0.15) is 0 Å². The molecule has 3 atom stereocenters. The van der Waals surface area contributed by atoms with E-state index in [9.17, 15) is 4.79 Å². The summed E-state index contributed by atoms with van der Waals surface area (Å²) in [7, 11) is 1.65. The maximum Gasteiger partial charge on any atom is 0.247 e. The van der Waals surface area contributed by atoms with E-state index in [4.69, 9.17) is 13.9 Å². The molecule has 0 bridgehead atoms. The first-order valence-electron chi connectivity index (χ1n) is 10.4. The van der Waals surface area contributed by atoms with Gasteiger partial charge in [0.05, 0.1) is 13.2 Å². The lowest BCUT2D eigenvalue weighted by Gasteiger charge is -2.25. The van der Waals surface area contributed by atoms with Crippen molar-refractivity contribution in [1.29, 1.82) is 0 Å². The molecule has 1 aromatic carbocycles. The first kappa shape index (κ1) is 19.8. The van der Waals surface area contributed by atoms with Gasteiger partial charge in [0.15, 0.2) is 0 Å². The number of benzene rings is 1. The fourth-order valence-corrected chi connectivity index (χ4v) is 3.94. The van der Waals surface area contributed by atoms with Gasteiger partial charge in [-0.05, 0) is 49.5 Å². The van der Waals surface area contributed by atoms with Crippen LogP contribution in [0.25, 0.3) is 6.08 Å². The number of hydrogen-bond acceptors (Lipinski definition) is 4. The second-order valence-electron chi connectivity index (χ2n) is 8.06. The van der Waals surface area contributed by atoms with Crippen LogP contribution >= 0.6 is 0 Å². The Morgan fingerprint density at radius 1 is 1.28 bits per heavy atom. The van der Waals surface area contributed by atoms with Gasteiger partial charge in [-0.3, -0.25) is 4.79 Å². The second-order valence-corrected chi connectivity index (χ2v) is 8.06. The number of amides is 1. The standard InChI is InChI=1S/C24H29NO4/c1-17-14-21(17)23-11-9-19(29-23)10-12-24(26)25(16-20-7-5-13-28-20)15-18-6-3-4-8-22(18)27-2/h3-4,6,8-12,17,20-21H,5,7,13-16H2,1-2H3/b12-10+. The number of furan rings is 1. The molecule has 0 N–H and O–H groups in total. The molecule has 1 aliphatic carbocycles. The Morgan fingerprint density at radius 3 is 2.83 bits per heavy atom. The summed E-state index contributed by atoms with van der Waals surface area (Å²) in [6, 6.07) is 11.8. The van der Waals surface area contributed by atoms with Crippen LogP contribution in [0.4, 0.5) is 0 Å². The van der Waals surface area contributed by atoms with Crippen LogP contribution in [0, 0.1) is 5.92 Å². The first-order valence-corrected chi connectivity index (χ1v) is 10.4. The normalized spacial score (nSPS) is 23.4. The number of rotatable bonds is 8. The summed E-state index contributed by atoms with van der Waals surface area (Å²) >= 11 is 0. The van der Waals surface area contributed by atoms with Crippen molar-refractivity contribution >= 4 is 12.0 Å². The highest BCUT2D eigenvalue weighted by molar-refractivity contribution is 5.91. The van der Waals surface area contributed by atoms with E-state index in [1.807, 2.05) is 41.3 Å². The highest BCUT2D eigenvalue weighted by Crippen LogP contribution is 2.47. The molecule has 1 amide bonds. The average Bonchev–Trinajstić information content (AvgIpc) is 3.14. The Bertz CT molecular complexity index is 865. The molecule has 5 heteroatoms. The van der Waals surface area contributed by atoms with Crippen molar-refractivity contribution in [1.82, 2.24) is 4.90 Å². The number of ether oxygens (including phenoxy) is 2. The van der Waals surface area contributed by atoms with E-state index in [0.29, 0.717) is 24.9 Å². The van der Waals surface area contributed by atoms with Crippen molar-refractivity contribution in [2.75, 3.05) is 20.3 Å². The Balaban J connectivity index is 1.46. The van der Waals surface area contributed by atoms with Gasteiger partial charge in [-0.15, -0.1) is 0 Å². The van der Waals surface area contributed by atoms with Crippen molar-refractivity contribution in [2.24, 2.45) is 5.92 Å². The summed E-state index contributed by atoms with van der Waals surface area (Å²) < 4.78 is 17.1. The topological polar surface area (TPSA) is 51.9 Å². The van der Waals surface area contributed by atoms with Crippen molar-refractivity contribution < 1.29 is 18.7 Å². The highest BCUT2D eigenvalue weighted by Gasteiger charge is 2.36. The second kappa shape index (κ2) is 8.87. The van der Waals surface area contributed by atoms with Crippen LogP contribution in [-0.4, -0.2) is 37.2 Å². The molecule has 2 aromatic rings. The van der Waals surface area contributed by atoms with Crippen molar-refractivity contribution in [2.45, 2.75) is 44.8 Å². The van der Waals surface area contributed by atoms with Crippen LogP contribution in [0.15, 0.2) is 46.9 Å². The monoisotopic (exact) mass is 395 g/mol. The van der Waals surface area contributed by atoms with Gasteiger partial charge in [-0.25, -0.2) is 0 Å². The van der Waals surface area contributed by atoms with Gasteiger partial charge in [-0.1, -0.05) is 25.1 Å². The Morgan fingerprint density at radius 2 is 2.10 bits per heavy atom. The summed E-state index contributed by atoms with van der Waals surface area (Å²) in [6.45, 7) is 4.05. The van der Waals surface area contributed by atoms with E-state index < -0.39 is 0 Å². The van der Waals surface area contributed by atoms with Crippen molar-refractivity contribution in [3.63, 3.8) is 0 Å². The minimum atomic E-state index is -0.0517. The van der Waals surface area contributed by atoms with Crippen molar-refractivity contribution in [3.8, 4) is 5.75 Å². The van der Waals surface area contributed by atoms with Crippen LogP contribution in [0.3, 0.4) is 0 Å². The van der Waals surface area contributed by atoms with E-state index >= 15 is 0 Å². The van der Waals surface area contributed by atoms with Crippen LogP contribution in [0.5, 0.6) is 5.75 Å². The number of methoxy groups -OCH3 is 1. The van der Waals surface area contributed by atoms with Gasteiger partial charge in [0.1, 0.15) is 17.3 Å². The summed E-state index contributed by atoms with van der Waals surface area (Å²) in [5, 5.41) is 0. The zero-order valence-corrected chi connectivity index (χ0v) is 17.2. The SMILES string of the molecule is COc1ccccc1CN(CC1CCCO1)C(=O)/C=C/c1ccc(C2CC2C)o1. The maximum absolute atomic E-state index is 13.0. The lowest BCUT2D eigenvalue weighted by Crippen LogP contribution is -2.36. The largest absolute Gasteiger partial charge is 0.496 e. The molecule has 1 aliphatic heterocycles. The fraction of sp³-hybridized carbons (Fsp3) is 0.458. The fourth-order valence-electron chi connectivity index (χ4n) is 3.94. The molecule has 4 rings (SSSR count). The molecule has 1 saturated heterocycles. The summed E-state index contributed by atoms with van der Waals surface area (Å²) in [4.78, 5) is 14.8. The number of nitrogens with zero attached hydrogens (tertiary/aromatic N) is 1. The average molecular weight is 395 g/mol. The molecule has 1 aromatic heterocycles. The van der Waals surface area contributed by atoms with E-state index in [1.165, 1.54) is 6.42 Å². The number of carbonyl (C=O) groups excluding carboxylic acids is 1. The minimum absolute atomic E-state index is 0.0517. The molecule has 29 heavy (non-hydrogen) atoms. The molecule has 2 heterocycles. The molecule has 2 aliphatic rings. The predicted octanol–water partition coefficient (Wildman–Crippen LogP) is 4.63. The quantitative estimate of drug-likeness (QED) is 0.612. The zero-order valence-electron chi connectivity index (χ0n) is 17.2. The third-order valence-corrected chi connectivity index (χ3v) is 5.83. The Labute approximate surface area is 172 Å². The smallest absolute Gasteiger partial charge is 0.247 e. The lowest BCUT2D eigenvalue weighted by atomic mass is 10.1. The molecule has 3 unspecified atom stereocenters. The van der Waals surface area contributed by atoms with Gasteiger partial charge >= 0.3 is 0 Å². The lowest BCUT2D eigenvalue weighted by molar-refractivity contribution is -0.128. The van der Waals surface area contributed by atoms with Crippen LogP contribution in [0.1, 0.15) is 49.2 Å². The summed E-state index contributed by atoms with van der Waals surface area (Å²) in [6.07, 6.45) is 6.68. The highest BCUT2D eigenvalue weighted by atomic mass is 16.5. The van der Waals surface area contributed by atoms with E-state index in [2.05, 4.69) is 6.92 Å². The molecule has 5 nitrogen and oxygen atoms in total. The van der Waals surface area contributed by atoms with Gasteiger partial charge in [0.2, 0.25) is 5.91 Å². The Hall–Kier alpha value is -2.53. The van der Waals surface area contributed by atoms with Gasteiger partial charge in [0.25, 0.3) is 0 Å². The summed E-state index contributed by atoms with van der Waals surface area (Å²) in [5.41, 5.74) is 0.984. The zero-order chi connectivity index (χ0) is 20.2. The third-order valence-electron chi connectivity index (χ3n) is 5.83. The molecular weight excluding hydrogens is 366 g/mol. The first-order chi connectivity index (χ1) is 14.1. The van der Waals surface area contributed by atoms with E-state index in [0.717, 1.165) is 42.3 Å². The Kier molecular flexibility index (Phi) is 6.05. The number of carbonyl (C=O) groups is 1. The van der Waals surface area contributed by atoms with Gasteiger partial charge in [0, 0.05) is 37.3 Å². The maximum atomic E-state index is 13.0. The van der Waals surface area contributed by atoms with Crippen LogP contribution < -0.4 is 4.74 Å². The van der Waals surface area contributed by atoms with E-state index in [1.54, 1.807) is 19.3 Å². The predicted molar refractivity (Wildman–Crippen MR) is 112 cm³/mol. The molecule has 154 valence electrons. The van der Waals surface area contributed by atoms with Crippen LogP contribution in [-0.2, 0) is 16.1 Å².